The van der Waals surface area contributed by atoms with Gasteiger partial charge >= 0.3 is 16.9 Å². The van der Waals surface area contributed by atoms with E-state index < -0.39 is 56.6 Å². The van der Waals surface area contributed by atoms with Gasteiger partial charge in [-0.15, -0.1) is 0 Å². The van der Waals surface area contributed by atoms with Gasteiger partial charge in [-0.2, -0.15) is 0 Å². The van der Waals surface area contributed by atoms with Gasteiger partial charge in [0.2, 0.25) is 0 Å². The highest BCUT2D eigenvalue weighted by Crippen LogP contribution is 2.42. The van der Waals surface area contributed by atoms with Gasteiger partial charge in [0.15, 0.2) is 34.0 Å². The van der Waals surface area contributed by atoms with E-state index in [0.29, 0.717) is 80.3 Å². The van der Waals surface area contributed by atoms with Crippen molar-refractivity contribution in [2.24, 2.45) is 0 Å². The predicted molar refractivity (Wildman–Crippen MR) is 409 cm³/mol. The first kappa shape index (κ1) is 73.0. The Kier molecular flexibility index (Phi) is 21.4. The molecule has 0 unspecified atom stereocenters. The zero-order chi connectivity index (χ0) is 74.2. The topological polar surface area (TPSA) is 217 Å². The number of hydrogen-bond donors (Lipinski definition) is 3. The Balaban J connectivity index is 0.000000140. The van der Waals surface area contributed by atoms with Crippen molar-refractivity contribution in [3.8, 4) is 17.2 Å². The maximum atomic E-state index is 13.7. The normalized spacial score (nSPS) is 11.5. The summed E-state index contributed by atoms with van der Waals surface area (Å²) < 4.78 is 61.3. The van der Waals surface area contributed by atoms with Crippen LogP contribution in [-0.4, -0.2) is 29.0 Å². The smallest absolute Gasteiger partial charge is 0.354 e. The molecule has 0 aliphatic carbocycles. The van der Waals surface area contributed by atoms with Crippen LogP contribution in [0.5, 0.6) is 17.2 Å². The minimum Gasteiger partial charge on any atom is -0.505 e. The number of fused-ring (bicyclic) bond motifs is 9. The van der Waals surface area contributed by atoms with Crippen molar-refractivity contribution in [1.29, 1.82) is 0 Å². The molecule has 9 aromatic carbocycles. The number of rotatable bonds is 14. The molecule has 0 radical (unpaired) electrons. The number of aryl methyl sites for hydroxylation is 1. The Bertz CT molecular complexity index is 6340. The Morgan fingerprint density at radius 3 is 1.00 bits per heavy atom. The molecular formula is C80H54Cl4F3N3O12S3. The van der Waals surface area contributed by atoms with Gasteiger partial charge < -0.3 is 42.3 Å². The van der Waals surface area contributed by atoms with E-state index in [4.69, 9.17) is 59.7 Å². The summed E-state index contributed by atoms with van der Waals surface area (Å²) in [5, 5.41) is 36.0. The van der Waals surface area contributed by atoms with Crippen LogP contribution in [0, 0.1) is 17.5 Å². The third kappa shape index (κ3) is 15.3. The number of nitrogens with zero attached hydrogens (tertiary/aromatic N) is 3. The lowest BCUT2D eigenvalue weighted by molar-refractivity contribution is 0.446. The Hall–Kier alpha value is -10.4. The predicted octanol–water partition coefficient (Wildman–Crippen LogP) is 19.8. The molecule has 528 valence electrons. The largest absolute Gasteiger partial charge is 0.505 e. The van der Waals surface area contributed by atoms with Gasteiger partial charge in [-0.3, -0.25) is 14.4 Å². The number of aromatic nitrogens is 3. The van der Waals surface area contributed by atoms with Crippen molar-refractivity contribution in [2.75, 3.05) is 0 Å². The van der Waals surface area contributed by atoms with Crippen LogP contribution in [0.1, 0.15) is 54.5 Å². The van der Waals surface area contributed by atoms with Crippen LogP contribution < -0.4 is 33.6 Å². The molecule has 0 saturated heterocycles. The molecule has 25 heteroatoms. The van der Waals surface area contributed by atoms with E-state index in [2.05, 4.69) is 13.8 Å². The third-order valence-electron chi connectivity index (χ3n) is 17.1. The van der Waals surface area contributed by atoms with Crippen molar-refractivity contribution < 1.29 is 41.7 Å². The SMILES string of the molecule is CC(C)c1ccc(Sc2c(O)c3c(=O)n(Cc4ccc(F)cc4)c4cc(Cl)ccc4c3oc2=O)cc1.CCc1ccc(Sc2c(O)c3c(=O)n(Cc4ccc(F)cc4)c4cc(Cl)ccc4c3oc2=O)cc1.O=c1oc2c(c(O)c1Sc1cccc(Cl)c1)c(=O)n(Cc1ccc(F)cc1)c1cc(Cl)ccc21. The molecule has 6 aromatic heterocycles. The summed E-state index contributed by atoms with van der Waals surface area (Å²) in [4.78, 5) is 81.4. The number of pyridine rings is 3. The first-order valence-electron chi connectivity index (χ1n) is 32.2. The number of aromatic hydroxyl groups is 3. The van der Waals surface area contributed by atoms with Crippen LogP contribution in [0.4, 0.5) is 13.2 Å². The van der Waals surface area contributed by atoms with Gasteiger partial charge in [-0.05, 0) is 174 Å². The molecule has 15 nitrogen and oxygen atoms in total. The lowest BCUT2D eigenvalue weighted by Crippen LogP contribution is -2.23. The summed E-state index contributed by atoms with van der Waals surface area (Å²) in [6, 6.07) is 53.7. The molecule has 0 atom stereocenters. The highest BCUT2D eigenvalue weighted by molar-refractivity contribution is 8.00. The summed E-state index contributed by atoms with van der Waals surface area (Å²) >= 11 is 27.7. The average molecular weight is 1540 g/mol. The molecular weight excluding hydrogens is 1490 g/mol. The van der Waals surface area contributed by atoms with Crippen LogP contribution in [0.3, 0.4) is 0 Å². The van der Waals surface area contributed by atoms with Crippen LogP contribution >= 0.6 is 81.7 Å². The van der Waals surface area contributed by atoms with E-state index >= 15 is 0 Å². The quantitative estimate of drug-likeness (QED) is 0.0863. The first-order valence-corrected chi connectivity index (χ1v) is 36.1. The summed E-state index contributed by atoms with van der Waals surface area (Å²) in [6.45, 7) is 6.50. The van der Waals surface area contributed by atoms with Gasteiger partial charge in [-0.1, -0.05) is 169 Å². The van der Waals surface area contributed by atoms with Crippen molar-refractivity contribution in [2.45, 2.75) is 82.1 Å². The van der Waals surface area contributed by atoms with E-state index in [0.717, 1.165) is 62.6 Å². The number of halogens is 7. The second-order valence-corrected chi connectivity index (χ2v) is 29.3. The lowest BCUT2D eigenvalue weighted by atomic mass is 10.0. The number of benzene rings is 9. The fourth-order valence-electron chi connectivity index (χ4n) is 11.8. The number of hydrogen-bond acceptors (Lipinski definition) is 15. The molecule has 0 saturated carbocycles. The van der Waals surface area contributed by atoms with Crippen molar-refractivity contribution in [1.82, 2.24) is 13.7 Å². The molecule has 15 rings (SSSR count). The van der Waals surface area contributed by atoms with E-state index in [1.807, 2.05) is 55.5 Å². The molecule has 0 amide bonds. The minimum absolute atomic E-state index is 0.00907. The zero-order valence-electron chi connectivity index (χ0n) is 55.2. The van der Waals surface area contributed by atoms with Crippen molar-refractivity contribution in [3.05, 3.63) is 328 Å². The van der Waals surface area contributed by atoms with Crippen LogP contribution in [0.25, 0.3) is 65.6 Å². The van der Waals surface area contributed by atoms with Crippen LogP contribution in [0.2, 0.25) is 20.1 Å². The Morgan fingerprint density at radius 1 is 0.381 bits per heavy atom. The highest BCUT2D eigenvalue weighted by atomic mass is 35.5. The molecule has 0 aliphatic rings. The standard InChI is InChI=1S/C28H21ClFNO4S.C27H19ClFNO4S.C25H14Cl2FNO4S/c1-15(2)17-5-10-20(11-6-17)36-26-24(32)23-25(35-28(26)34)21-12-7-18(29)13-22(21)31(27(23)33)14-16-3-8-19(30)9-4-16;1-2-15-5-10-19(11-6-15)35-25-23(31)22-24(34-27(25)33)20-12-7-17(28)13-21(20)30(26(22)32)14-16-3-8-18(29)9-4-16;26-14-2-1-3-17(10-14)34-23-21(30)20-22(33-25(23)32)18-9-6-15(27)11-19(18)29(24(20)31)12-13-4-7-16(28)8-5-13/h3-13,15,32H,14H2,1-2H3;3-13,31H,2,14H2,1H3;1-11,30H,12H2. The van der Waals surface area contributed by atoms with E-state index in [9.17, 15) is 57.3 Å². The summed E-state index contributed by atoms with van der Waals surface area (Å²) in [7, 11) is 0. The molecule has 3 N–H and O–H groups in total. The van der Waals surface area contributed by atoms with Crippen molar-refractivity contribution in [3.63, 3.8) is 0 Å². The minimum atomic E-state index is -0.790. The van der Waals surface area contributed by atoms with Gasteiger partial charge in [0.1, 0.15) is 48.3 Å². The fraction of sp³-hybridized carbons (Fsp3) is 0.100. The molecule has 0 bridgehead atoms. The van der Waals surface area contributed by atoms with Gasteiger partial charge in [0.05, 0.1) is 36.2 Å². The Morgan fingerprint density at radius 2 is 0.686 bits per heavy atom. The molecule has 105 heavy (non-hydrogen) atoms. The zero-order valence-corrected chi connectivity index (χ0v) is 60.7. The van der Waals surface area contributed by atoms with Crippen LogP contribution in [-0.2, 0) is 26.1 Å². The van der Waals surface area contributed by atoms with Gasteiger partial charge in [-0.25, -0.2) is 27.6 Å². The first-order chi connectivity index (χ1) is 50.4. The maximum Gasteiger partial charge on any atom is 0.354 e. The lowest BCUT2D eigenvalue weighted by Gasteiger charge is -2.14. The molecule has 0 aliphatic heterocycles. The second kappa shape index (κ2) is 30.8. The molecule has 0 fully saturated rings. The molecule has 15 aromatic rings. The summed E-state index contributed by atoms with van der Waals surface area (Å²) in [6.07, 6.45) is 0.874. The maximum absolute atomic E-state index is 13.7. The Labute approximate surface area is 625 Å². The monoisotopic (exact) mass is 1540 g/mol. The third-order valence-corrected chi connectivity index (χ3v) is 21.3. The average Bonchev–Trinajstić information content (AvgIpc) is 0.747. The van der Waals surface area contributed by atoms with Crippen LogP contribution in [0.15, 0.2) is 272 Å². The van der Waals surface area contributed by atoms with Crippen molar-refractivity contribution >= 4 is 147 Å². The second-order valence-electron chi connectivity index (χ2n) is 24.3. The summed E-state index contributed by atoms with van der Waals surface area (Å²) in [5.41, 5.74) is 1.54. The molecule has 6 heterocycles. The molecule has 0 spiro atoms. The van der Waals surface area contributed by atoms with Gasteiger partial charge in [0.25, 0.3) is 16.7 Å². The van der Waals surface area contributed by atoms with Gasteiger partial charge in [0, 0.05) is 50.9 Å². The van der Waals surface area contributed by atoms with E-state index in [1.165, 1.54) is 50.1 Å². The van der Waals surface area contributed by atoms with E-state index in [-0.39, 0.29) is 78.9 Å². The summed E-state index contributed by atoms with van der Waals surface area (Å²) in [5.74, 6) is -2.18. The van der Waals surface area contributed by atoms with E-state index in [1.54, 1.807) is 115 Å². The highest BCUT2D eigenvalue weighted by Gasteiger charge is 2.27. The fourth-order valence-corrected chi connectivity index (χ4v) is 15.1.